The van der Waals surface area contributed by atoms with Crippen LogP contribution in [0.5, 0.6) is 17.2 Å². The number of hydrogen-bond acceptors (Lipinski definition) is 6. The van der Waals surface area contributed by atoms with Crippen LogP contribution in [0.25, 0.3) is 0 Å². The Morgan fingerprint density at radius 1 is 0.828 bits per heavy atom. The molecule has 158 valence electrons. The molecule has 0 N–H and O–H groups in total. The molecule has 29 heavy (non-hydrogen) atoms. The van der Waals surface area contributed by atoms with Crippen molar-refractivity contribution < 1.29 is 22.6 Å². The molecule has 0 aromatic heterocycles. The second-order valence-corrected chi connectivity index (χ2v) is 8.95. The monoisotopic (exact) mass is 420 g/mol. The maximum Gasteiger partial charge on any atom is 0.243 e. The molecule has 0 saturated carbocycles. The fourth-order valence-corrected chi connectivity index (χ4v) is 4.96. The van der Waals surface area contributed by atoms with E-state index in [2.05, 4.69) is 17.9 Å². The van der Waals surface area contributed by atoms with Gasteiger partial charge in [0.25, 0.3) is 0 Å². The Kier molecular flexibility index (Phi) is 6.66. The zero-order valence-corrected chi connectivity index (χ0v) is 18.2. The summed E-state index contributed by atoms with van der Waals surface area (Å²) in [6.45, 7) is 4.97. The average molecular weight is 421 g/mol. The predicted molar refractivity (Wildman–Crippen MR) is 111 cm³/mol. The highest BCUT2D eigenvalue weighted by Crippen LogP contribution is 2.31. The van der Waals surface area contributed by atoms with Gasteiger partial charge in [-0.25, -0.2) is 8.42 Å². The lowest BCUT2D eigenvalue weighted by Gasteiger charge is -2.34. The fraction of sp³-hybridized carbons (Fsp3) is 0.429. The molecule has 0 amide bonds. The van der Waals surface area contributed by atoms with Gasteiger partial charge in [0.05, 0.1) is 26.2 Å². The van der Waals surface area contributed by atoms with E-state index in [0.717, 1.165) is 17.9 Å². The van der Waals surface area contributed by atoms with Crippen molar-refractivity contribution in [2.45, 2.75) is 18.4 Å². The highest BCUT2D eigenvalue weighted by molar-refractivity contribution is 7.89. The standard InChI is InChI=1S/C21H28N2O5S/c1-16-5-7-19(26-2)17(13-16)15-22-9-11-23(12-10-22)29(24,25)18-6-8-20(27-3)21(14-18)28-4/h5-8,13-14H,9-12,15H2,1-4H3. The minimum Gasteiger partial charge on any atom is -0.496 e. The Balaban J connectivity index is 1.69. The van der Waals surface area contributed by atoms with Crippen LogP contribution in [-0.4, -0.2) is 65.1 Å². The van der Waals surface area contributed by atoms with E-state index in [1.54, 1.807) is 19.2 Å². The van der Waals surface area contributed by atoms with E-state index in [0.29, 0.717) is 37.7 Å². The van der Waals surface area contributed by atoms with Crippen LogP contribution in [0, 0.1) is 6.92 Å². The maximum atomic E-state index is 13.1. The van der Waals surface area contributed by atoms with Gasteiger partial charge < -0.3 is 14.2 Å². The van der Waals surface area contributed by atoms with Gasteiger partial charge in [-0.3, -0.25) is 4.90 Å². The third-order valence-electron chi connectivity index (χ3n) is 5.15. The molecule has 1 heterocycles. The molecule has 1 saturated heterocycles. The summed E-state index contributed by atoms with van der Waals surface area (Å²) in [5.74, 6) is 1.76. The van der Waals surface area contributed by atoms with Crippen LogP contribution in [0.1, 0.15) is 11.1 Å². The van der Waals surface area contributed by atoms with E-state index < -0.39 is 10.0 Å². The number of ether oxygens (including phenoxy) is 3. The summed E-state index contributed by atoms with van der Waals surface area (Å²) < 4.78 is 43.5. The summed E-state index contributed by atoms with van der Waals surface area (Å²) >= 11 is 0. The normalized spacial score (nSPS) is 15.9. The Labute approximate surface area is 172 Å². The van der Waals surface area contributed by atoms with Crippen molar-refractivity contribution in [3.63, 3.8) is 0 Å². The fourth-order valence-electron chi connectivity index (χ4n) is 3.53. The number of nitrogens with zero attached hydrogens (tertiary/aromatic N) is 2. The van der Waals surface area contributed by atoms with Gasteiger partial charge in [0, 0.05) is 44.4 Å². The smallest absolute Gasteiger partial charge is 0.243 e. The van der Waals surface area contributed by atoms with Gasteiger partial charge in [-0.2, -0.15) is 4.31 Å². The first-order chi connectivity index (χ1) is 13.9. The number of methoxy groups -OCH3 is 3. The van der Waals surface area contributed by atoms with Crippen molar-refractivity contribution in [1.82, 2.24) is 9.21 Å². The van der Waals surface area contributed by atoms with Crippen LogP contribution < -0.4 is 14.2 Å². The molecule has 0 radical (unpaired) electrons. The van der Waals surface area contributed by atoms with Gasteiger partial charge in [0.2, 0.25) is 10.0 Å². The molecule has 0 bridgehead atoms. The van der Waals surface area contributed by atoms with Crippen molar-refractivity contribution in [2.75, 3.05) is 47.5 Å². The quantitative estimate of drug-likeness (QED) is 0.686. The van der Waals surface area contributed by atoms with Crippen LogP contribution >= 0.6 is 0 Å². The SMILES string of the molecule is COc1ccc(C)cc1CN1CCN(S(=O)(=O)c2ccc(OC)c(OC)c2)CC1. The summed E-state index contributed by atoms with van der Waals surface area (Å²) in [7, 11) is 1.09. The molecule has 2 aromatic carbocycles. The van der Waals surface area contributed by atoms with E-state index >= 15 is 0 Å². The molecule has 3 rings (SSSR count). The van der Waals surface area contributed by atoms with Gasteiger partial charge >= 0.3 is 0 Å². The van der Waals surface area contributed by atoms with Crippen molar-refractivity contribution in [1.29, 1.82) is 0 Å². The summed E-state index contributed by atoms with van der Waals surface area (Å²) in [5, 5.41) is 0. The van der Waals surface area contributed by atoms with Crippen molar-refractivity contribution in [3.05, 3.63) is 47.5 Å². The van der Waals surface area contributed by atoms with E-state index in [-0.39, 0.29) is 4.90 Å². The van der Waals surface area contributed by atoms with Gasteiger partial charge in [-0.1, -0.05) is 17.7 Å². The molecule has 0 atom stereocenters. The largest absolute Gasteiger partial charge is 0.496 e. The number of piperazine rings is 1. The molecule has 7 nitrogen and oxygen atoms in total. The molecular formula is C21H28N2O5S. The maximum absolute atomic E-state index is 13.1. The number of hydrogen-bond donors (Lipinski definition) is 0. The van der Waals surface area contributed by atoms with Crippen LogP contribution in [-0.2, 0) is 16.6 Å². The lowest BCUT2D eigenvalue weighted by atomic mass is 10.1. The Morgan fingerprint density at radius 3 is 2.07 bits per heavy atom. The summed E-state index contributed by atoms with van der Waals surface area (Å²) in [4.78, 5) is 2.46. The summed E-state index contributed by atoms with van der Waals surface area (Å²) in [6.07, 6.45) is 0. The second kappa shape index (κ2) is 9.02. The molecule has 1 aliphatic rings. The number of sulfonamides is 1. The first kappa shape index (κ1) is 21.4. The predicted octanol–water partition coefficient (Wildman–Crippen LogP) is 2.53. The van der Waals surface area contributed by atoms with Crippen molar-refractivity contribution in [2.24, 2.45) is 0 Å². The highest BCUT2D eigenvalue weighted by atomic mass is 32.2. The molecular weight excluding hydrogens is 392 g/mol. The minimum atomic E-state index is -3.59. The van der Waals surface area contributed by atoms with Crippen LogP contribution in [0.3, 0.4) is 0 Å². The first-order valence-corrected chi connectivity index (χ1v) is 10.9. The lowest BCUT2D eigenvalue weighted by molar-refractivity contribution is 0.180. The number of benzene rings is 2. The molecule has 2 aromatic rings. The van der Waals surface area contributed by atoms with Crippen molar-refractivity contribution >= 4 is 10.0 Å². The van der Waals surface area contributed by atoms with Crippen LogP contribution in [0.15, 0.2) is 41.3 Å². The Hall–Kier alpha value is -2.29. The van der Waals surface area contributed by atoms with Crippen LogP contribution in [0.2, 0.25) is 0 Å². The van der Waals surface area contributed by atoms with E-state index in [9.17, 15) is 8.42 Å². The third kappa shape index (κ3) is 4.66. The Bertz CT molecular complexity index is 954. The summed E-state index contributed by atoms with van der Waals surface area (Å²) in [6, 6.07) is 10.8. The zero-order valence-electron chi connectivity index (χ0n) is 17.3. The molecule has 0 unspecified atom stereocenters. The molecule has 0 aliphatic carbocycles. The van der Waals surface area contributed by atoms with Gasteiger partial charge in [-0.15, -0.1) is 0 Å². The van der Waals surface area contributed by atoms with E-state index in [4.69, 9.17) is 14.2 Å². The molecule has 1 aliphatic heterocycles. The van der Waals surface area contributed by atoms with E-state index in [1.807, 2.05) is 12.1 Å². The Morgan fingerprint density at radius 2 is 1.45 bits per heavy atom. The van der Waals surface area contributed by atoms with Gasteiger partial charge in [0.1, 0.15) is 5.75 Å². The van der Waals surface area contributed by atoms with Gasteiger partial charge in [-0.05, 0) is 25.1 Å². The average Bonchev–Trinajstić information content (AvgIpc) is 2.73. The molecule has 0 spiro atoms. The number of aryl methyl sites for hydroxylation is 1. The van der Waals surface area contributed by atoms with Gasteiger partial charge in [0.15, 0.2) is 11.5 Å². The second-order valence-electron chi connectivity index (χ2n) is 7.01. The van der Waals surface area contributed by atoms with Crippen molar-refractivity contribution in [3.8, 4) is 17.2 Å². The third-order valence-corrected chi connectivity index (χ3v) is 7.05. The molecule has 1 fully saturated rings. The highest BCUT2D eigenvalue weighted by Gasteiger charge is 2.29. The van der Waals surface area contributed by atoms with Crippen LogP contribution in [0.4, 0.5) is 0 Å². The van der Waals surface area contributed by atoms with E-state index in [1.165, 1.54) is 30.2 Å². The first-order valence-electron chi connectivity index (χ1n) is 9.47. The number of rotatable bonds is 7. The summed E-state index contributed by atoms with van der Waals surface area (Å²) in [5.41, 5.74) is 2.29. The minimum absolute atomic E-state index is 0.212. The topological polar surface area (TPSA) is 68.3 Å². The zero-order chi connectivity index (χ0) is 21.0. The lowest BCUT2D eigenvalue weighted by Crippen LogP contribution is -2.48. The molecule has 8 heteroatoms.